The van der Waals surface area contributed by atoms with Crippen molar-refractivity contribution in [3.63, 3.8) is 0 Å². The van der Waals surface area contributed by atoms with Gasteiger partial charge >= 0.3 is 0 Å². The fourth-order valence-corrected chi connectivity index (χ4v) is 5.15. The first-order chi connectivity index (χ1) is 9.29. The quantitative estimate of drug-likeness (QED) is 0.818. The van der Waals surface area contributed by atoms with Crippen molar-refractivity contribution in [1.29, 1.82) is 0 Å². The van der Waals surface area contributed by atoms with Crippen LogP contribution in [0.5, 0.6) is 0 Å². The third kappa shape index (κ3) is 2.54. The molecule has 2 unspecified atom stereocenters. The summed E-state index contributed by atoms with van der Waals surface area (Å²) in [5.74, 6) is 1.25. The molecule has 2 saturated carbocycles. The Morgan fingerprint density at radius 1 is 1.10 bits per heavy atom. The van der Waals surface area contributed by atoms with Crippen LogP contribution in [0.2, 0.25) is 0 Å². The van der Waals surface area contributed by atoms with E-state index in [4.69, 9.17) is 5.73 Å². The van der Waals surface area contributed by atoms with E-state index < -0.39 is 5.60 Å². The molecule has 3 N–H and O–H groups in total. The summed E-state index contributed by atoms with van der Waals surface area (Å²) in [6, 6.07) is 0. The highest BCUT2D eigenvalue weighted by Gasteiger charge is 2.56. The van der Waals surface area contributed by atoms with Gasteiger partial charge in [0.1, 0.15) is 0 Å². The summed E-state index contributed by atoms with van der Waals surface area (Å²) in [5, 5.41) is 11.4. The lowest BCUT2D eigenvalue weighted by molar-refractivity contribution is -0.134. The van der Waals surface area contributed by atoms with E-state index in [9.17, 15) is 5.11 Å². The van der Waals surface area contributed by atoms with Gasteiger partial charge in [-0.05, 0) is 55.8 Å². The van der Waals surface area contributed by atoms with Crippen LogP contribution < -0.4 is 5.73 Å². The number of nitrogens with two attached hydrogens (primary N) is 1. The standard InChI is InChI=1S/C18H35NO/c1-5-14-7-6-10-18(14,20)17(13-19)11-8-15(9-12-17)16(2,3)4/h14-15,20H,5-13,19H2,1-4H3. The number of hydrogen-bond acceptors (Lipinski definition) is 2. The van der Waals surface area contributed by atoms with E-state index in [0.717, 1.165) is 31.6 Å². The van der Waals surface area contributed by atoms with Gasteiger partial charge < -0.3 is 10.8 Å². The van der Waals surface area contributed by atoms with Crippen molar-refractivity contribution in [1.82, 2.24) is 0 Å². The van der Waals surface area contributed by atoms with Gasteiger partial charge in [0.15, 0.2) is 0 Å². The smallest absolute Gasteiger partial charge is 0.0743 e. The molecule has 2 aliphatic carbocycles. The van der Waals surface area contributed by atoms with E-state index in [1.807, 2.05) is 0 Å². The molecule has 2 nitrogen and oxygen atoms in total. The molecule has 20 heavy (non-hydrogen) atoms. The summed E-state index contributed by atoms with van der Waals surface area (Å²) in [5.41, 5.74) is 6.11. The highest BCUT2D eigenvalue weighted by Crippen LogP contribution is 2.57. The molecule has 2 heteroatoms. The van der Waals surface area contributed by atoms with Gasteiger partial charge in [0.05, 0.1) is 5.60 Å². The average Bonchev–Trinajstić information content (AvgIpc) is 2.80. The maximum atomic E-state index is 11.4. The molecule has 0 saturated heterocycles. The lowest BCUT2D eigenvalue weighted by Gasteiger charge is -2.53. The van der Waals surface area contributed by atoms with Crippen LogP contribution >= 0.6 is 0 Å². The summed E-state index contributed by atoms with van der Waals surface area (Å²) in [7, 11) is 0. The van der Waals surface area contributed by atoms with Crippen molar-refractivity contribution in [2.75, 3.05) is 6.54 Å². The first-order valence-corrected chi connectivity index (χ1v) is 8.71. The monoisotopic (exact) mass is 281 g/mol. The van der Waals surface area contributed by atoms with Crippen molar-refractivity contribution < 1.29 is 5.11 Å². The second kappa shape index (κ2) is 5.61. The molecule has 0 aromatic rings. The van der Waals surface area contributed by atoms with Crippen molar-refractivity contribution in [3.05, 3.63) is 0 Å². The Balaban J connectivity index is 2.16. The SMILES string of the molecule is CCC1CCCC1(O)C1(CN)CCC(C(C)(C)C)CC1. The van der Waals surface area contributed by atoms with Crippen molar-refractivity contribution in [2.45, 2.75) is 84.7 Å². The molecule has 2 rings (SSSR count). The molecular weight excluding hydrogens is 246 g/mol. The highest BCUT2D eigenvalue weighted by atomic mass is 16.3. The van der Waals surface area contributed by atoms with Crippen LogP contribution in [-0.2, 0) is 0 Å². The Morgan fingerprint density at radius 3 is 2.15 bits per heavy atom. The zero-order valence-electron chi connectivity index (χ0n) is 14.0. The average molecular weight is 281 g/mol. The van der Waals surface area contributed by atoms with Crippen LogP contribution in [0.25, 0.3) is 0 Å². The van der Waals surface area contributed by atoms with Gasteiger partial charge in [0, 0.05) is 12.0 Å². The summed E-state index contributed by atoms with van der Waals surface area (Å²) in [6.45, 7) is 9.95. The largest absolute Gasteiger partial charge is 0.389 e. The second-order valence-corrected chi connectivity index (χ2v) is 8.55. The summed E-state index contributed by atoms with van der Waals surface area (Å²) in [6.07, 6.45) is 9.16. The first kappa shape index (κ1) is 16.3. The van der Waals surface area contributed by atoms with Gasteiger partial charge in [-0.2, -0.15) is 0 Å². The third-order valence-corrected chi connectivity index (χ3v) is 6.76. The molecule has 2 aliphatic rings. The topological polar surface area (TPSA) is 46.2 Å². The molecule has 2 fully saturated rings. The zero-order chi connectivity index (χ0) is 15.0. The van der Waals surface area contributed by atoms with Gasteiger partial charge in [0.2, 0.25) is 0 Å². The van der Waals surface area contributed by atoms with E-state index in [2.05, 4.69) is 27.7 Å². The van der Waals surface area contributed by atoms with Gasteiger partial charge in [-0.25, -0.2) is 0 Å². The van der Waals surface area contributed by atoms with Crippen LogP contribution in [0.1, 0.15) is 79.1 Å². The highest BCUT2D eigenvalue weighted by molar-refractivity contribution is 5.08. The summed E-state index contributed by atoms with van der Waals surface area (Å²) >= 11 is 0. The zero-order valence-corrected chi connectivity index (χ0v) is 14.0. The number of aliphatic hydroxyl groups is 1. The Bertz CT molecular complexity index is 325. The van der Waals surface area contributed by atoms with Crippen LogP contribution in [0, 0.1) is 22.7 Å². The van der Waals surface area contributed by atoms with Crippen molar-refractivity contribution >= 4 is 0 Å². The van der Waals surface area contributed by atoms with Crippen molar-refractivity contribution in [3.8, 4) is 0 Å². The number of hydrogen-bond donors (Lipinski definition) is 2. The maximum Gasteiger partial charge on any atom is 0.0743 e. The Kier molecular flexibility index (Phi) is 4.57. The minimum Gasteiger partial charge on any atom is -0.389 e. The van der Waals surface area contributed by atoms with E-state index in [-0.39, 0.29) is 5.41 Å². The van der Waals surface area contributed by atoms with E-state index >= 15 is 0 Å². The third-order valence-electron chi connectivity index (χ3n) is 6.76. The minimum atomic E-state index is -0.487. The molecule has 2 atom stereocenters. The normalized spacial score (nSPS) is 42.9. The van der Waals surface area contributed by atoms with Gasteiger partial charge in [-0.1, -0.05) is 40.5 Å². The lowest BCUT2D eigenvalue weighted by Crippen LogP contribution is -2.56. The van der Waals surface area contributed by atoms with Gasteiger partial charge in [-0.15, -0.1) is 0 Å². The predicted octanol–water partition coefficient (Wildman–Crippen LogP) is 4.11. The van der Waals surface area contributed by atoms with Crippen LogP contribution in [0.15, 0.2) is 0 Å². The molecule has 0 spiro atoms. The molecule has 0 bridgehead atoms. The second-order valence-electron chi connectivity index (χ2n) is 8.55. The molecule has 0 aliphatic heterocycles. The molecule has 0 aromatic heterocycles. The van der Waals surface area contributed by atoms with Crippen molar-refractivity contribution in [2.24, 2.45) is 28.4 Å². The van der Waals surface area contributed by atoms with Crippen LogP contribution in [0.3, 0.4) is 0 Å². The summed E-state index contributed by atoms with van der Waals surface area (Å²) in [4.78, 5) is 0. The molecule has 0 radical (unpaired) electrons. The van der Waals surface area contributed by atoms with Gasteiger partial charge in [-0.3, -0.25) is 0 Å². The molecule has 0 heterocycles. The Labute approximate surface area is 125 Å². The Hall–Kier alpha value is -0.0800. The fourth-order valence-electron chi connectivity index (χ4n) is 5.15. The van der Waals surface area contributed by atoms with Crippen LogP contribution in [0.4, 0.5) is 0 Å². The van der Waals surface area contributed by atoms with Crippen LogP contribution in [-0.4, -0.2) is 17.3 Å². The molecule has 118 valence electrons. The lowest BCUT2D eigenvalue weighted by atomic mass is 9.55. The predicted molar refractivity (Wildman–Crippen MR) is 85.5 cm³/mol. The molecule has 0 aromatic carbocycles. The number of rotatable bonds is 3. The van der Waals surface area contributed by atoms with Gasteiger partial charge in [0.25, 0.3) is 0 Å². The summed E-state index contributed by atoms with van der Waals surface area (Å²) < 4.78 is 0. The molecular formula is C18H35NO. The van der Waals surface area contributed by atoms with E-state index in [1.54, 1.807) is 0 Å². The van der Waals surface area contributed by atoms with E-state index in [0.29, 0.717) is 17.9 Å². The Morgan fingerprint density at radius 2 is 1.70 bits per heavy atom. The minimum absolute atomic E-state index is 0.00801. The first-order valence-electron chi connectivity index (χ1n) is 8.71. The molecule has 0 amide bonds. The van der Waals surface area contributed by atoms with E-state index in [1.165, 1.54) is 25.7 Å². The maximum absolute atomic E-state index is 11.4. The fraction of sp³-hybridized carbons (Fsp3) is 1.00.